The summed E-state index contributed by atoms with van der Waals surface area (Å²) >= 11 is 0. The SMILES string of the molecule is Br.CCOC(=O)CN1N=C([P+](c2ccccc2)(c2ccccc2)c2ccccc2)C(C)(C)C1(c1ccccc1)c1ccccc1. The molecule has 0 aliphatic carbocycles. The summed E-state index contributed by atoms with van der Waals surface area (Å²) in [6, 6.07) is 53.4. The van der Waals surface area contributed by atoms with E-state index in [-0.39, 0.29) is 29.5 Å². The lowest BCUT2D eigenvalue weighted by Gasteiger charge is -2.47. The Bertz CT molecular complexity index is 1600. The van der Waals surface area contributed by atoms with Crippen molar-refractivity contribution in [2.24, 2.45) is 10.5 Å². The van der Waals surface area contributed by atoms with Gasteiger partial charge in [0.05, 0.1) is 12.0 Å². The van der Waals surface area contributed by atoms with Crippen molar-refractivity contribution in [2.45, 2.75) is 26.3 Å². The fraction of sp³-hybridized carbons (Fsp3) is 0.179. The van der Waals surface area contributed by atoms with E-state index in [2.05, 4.69) is 153 Å². The quantitative estimate of drug-likeness (QED) is 0.119. The van der Waals surface area contributed by atoms with E-state index < -0.39 is 18.2 Å². The molecule has 0 bridgehead atoms. The number of benzene rings is 5. The topological polar surface area (TPSA) is 41.9 Å². The second kappa shape index (κ2) is 13.5. The van der Waals surface area contributed by atoms with E-state index in [0.29, 0.717) is 6.61 Å². The molecule has 0 aromatic heterocycles. The van der Waals surface area contributed by atoms with Crippen LogP contribution in [0.5, 0.6) is 0 Å². The van der Waals surface area contributed by atoms with Crippen LogP contribution < -0.4 is 15.9 Å². The summed E-state index contributed by atoms with van der Waals surface area (Å²) in [5.74, 6) is -0.299. The van der Waals surface area contributed by atoms with Crippen LogP contribution in [0.15, 0.2) is 157 Å². The van der Waals surface area contributed by atoms with E-state index in [1.54, 1.807) is 0 Å². The normalized spacial score (nSPS) is 15.1. The molecule has 228 valence electrons. The van der Waals surface area contributed by atoms with Crippen LogP contribution in [0.3, 0.4) is 0 Å². The number of hydrogen-bond acceptors (Lipinski definition) is 4. The Morgan fingerprint density at radius 1 is 0.644 bits per heavy atom. The van der Waals surface area contributed by atoms with Gasteiger partial charge in [0.1, 0.15) is 28.0 Å². The van der Waals surface area contributed by atoms with Gasteiger partial charge in [-0.3, -0.25) is 9.80 Å². The molecule has 0 saturated heterocycles. The average Bonchev–Trinajstić information content (AvgIpc) is 3.30. The second-order valence-electron chi connectivity index (χ2n) is 11.5. The zero-order chi connectivity index (χ0) is 30.6. The zero-order valence-electron chi connectivity index (χ0n) is 25.9. The molecule has 1 aliphatic heterocycles. The van der Waals surface area contributed by atoms with Crippen molar-refractivity contribution in [1.82, 2.24) is 5.01 Å². The predicted octanol–water partition coefficient (Wildman–Crippen LogP) is 7.72. The summed E-state index contributed by atoms with van der Waals surface area (Å²) in [5, 5.41) is 11.4. The number of hydrazone groups is 1. The van der Waals surface area contributed by atoms with Crippen LogP contribution in [0.2, 0.25) is 0 Å². The third-order valence-electron chi connectivity index (χ3n) is 8.78. The molecular weight excluding hydrogens is 639 g/mol. The van der Waals surface area contributed by atoms with Crippen LogP contribution in [0, 0.1) is 5.41 Å². The number of hydrogen-bond donors (Lipinski definition) is 0. The van der Waals surface area contributed by atoms with Crippen LogP contribution in [-0.2, 0) is 15.1 Å². The first-order valence-electron chi connectivity index (χ1n) is 15.2. The molecule has 0 saturated carbocycles. The van der Waals surface area contributed by atoms with E-state index in [9.17, 15) is 4.79 Å². The van der Waals surface area contributed by atoms with Gasteiger partial charge >= 0.3 is 5.97 Å². The van der Waals surface area contributed by atoms with Gasteiger partial charge in [-0.25, -0.2) is 0 Å². The van der Waals surface area contributed by atoms with E-state index >= 15 is 0 Å². The number of halogens is 1. The van der Waals surface area contributed by atoms with Crippen molar-refractivity contribution in [3.05, 3.63) is 163 Å². The molecule has 0 spiro atoms. The van der Waals surface area contributed by atoms with Gasteiger partial charge < -0.3 is 4.74 Å². The summed E-state index contributed by atoms with van der Waals surface area (Å²) in [4.78, 5) is 13.4. The zero-order valence-corrected chi connectivity index (χ0v) is 28.5. The number of esters is 1. The molecule has 0 fully saturated rings. The highest BCUT2D eigenvalue weighted by molar-refractivity contribution is 8.93. The van der Waals surface area contributed by atoms with Crippen LogP contribution >= 0.6 is 24.2 Å². The molecule has 1 heterocycles. The van der Waals surface area contributed by atoms with E-state index in [4.69, 9.17) is 9.84 Å². The van der Waals surface area contributed by atoms with Crippen molar-refractivity contribution in [2.75, 3.05) is 13.2 Å². The van der Waals surface area contributed by atoms with Gasteiger partial charge in [0, 0.05) is 0 Å². The third-order valence-corrected chi connectivity index (χ3v) is 13.3. The molecule has 0 amide bonds. The molecule has 5 aromatic rings. The fourth-order valence-corrected chi connectivity index (χ4v) is 11.8. The highest BCUT2D eigenvalue weighted by Crippen LogP contribution is 2.68. The van der Waals surface area contributed by atoms with Gasteiger partial charge in [-0.2, -0.15) is 0 Å². The van der Waals surface area contributed by atoms with Gasteiger partial charge in [0.2, 0.25) is 5.45 Å². The molecule has 45 heavy (non-hydrogen) atoms. The van der Waals surface area contributed by atoms with Gasteiger partial charge in [-0.15, -0.1) is 22.1 Å². The molecule has 0 radical (unpaired) electrons. The largest absolute Gasteiger partial charge is 0.465 e. The molecule has 4 nitrogen and oxygen atoms in total. The summed E-state index contributed by atoms with van der Waals surface area (Å²) in [5.41, 5.74) is 1.81. The van der Waals surface area contributed by atoms with Crippen LogP contribution in [0.4, 0.5) is 0 Å². The molecule has 0 unspecified atom stereocenters. The Kier molecular flexibility index (Phi) is 9.72. The Morgan fingerprint density at radius 2 is 1.00 bits per heavy atom. The number of rotatable bonds is 9. The standard InChI is InChI=1S/C39H38N2O2P.BrH/c1-4-43-36(42)30-41-39(31-20-10-5-11-21-31,32-22-12-6-13-23-32)38(2,3)37(40-41)44(33-24-14-7-15-25-33,34-26-16-8-17-27-34)35-28-18-9-19-29-35;/h5-29H,4,30H2,1-3H3;1H/q+1;. The van der Waals surface area contributed by atoms with Gasteiger partial charge in [0.15, 0.2) is 7.26 Å². The first-order valence-corrected chi connectivity index (χ1v) is 17.0. The highest BCUT2D eigenvalue weighted by Gasteiger charge is 2.69. The first kappa shape index (κ1) is 32.3. The molecule has 5 aromatic carbocycles. The summed E-state index contributed by atoms with van der Waals surface area (Å²) in [6.45, 7) is 6.79. The lowest BCUT2D eigenvalue weighted by Crippen LogP contribution is -2.54. The van der Waals surface area contributed by atoms with Gasteiger partial charge in [0.25, 0.3) is 0 Å². The minimum Gasteiger partial charge on any atom is -0.465 e. The Labute approximate surface area is 277 Å². The first-order chi connectivity index (χ1) is 21.5. The summed E-state index contributed by atoms with van der Waals surface area (Å²) in [7, 11) is -2.58. The molecule has 1 aliphatic rings. The fourth-order valence-electron chi connectivity index (χ4n) is 7.08. The van der Waals surface area contributed by atoms with Crippen molar-refractivity contribution >= 4 is 51.6 Å². The Balaban J connectivity index is 0.00000400. The van der Waals surface area contributed by atoms with Crippen molar-refractivity contribution in [3.8, 4) is 0 Å². The van der Waals surface area contributed by atoms with Gasteiger partial charge in [-0.05, 0) is 68.3 Å². The second-order valence-corrected chi connectivity index (χ2v) is 14.8. The lowest BCUT2D eigenvalue weighted by atomic mass is 9.65. The Hall–Kier alpha value is -4.05. The Morgan fingerprint density at radius 3 is 1.36 bits per heavy atom. The van der Waals surface area contributed by atoms with E-state index in [0.717, 1.165) is 16.6 Å². The molecule has 0 N–H and O–H groups in total. The van der Waals surface area contributed by atoms with Crippen molar-refractivity contribution < 1.29 is 9.53 Å². The maximum Gasteiger partial charge on any atom is 0.327 e. The molecular formula is C39H39BrN2O2P+. The predicted molar refractivity (Wildman–Crippen MR) is 194 cm³/mol. The smallest absolute Gasteiger partial charge is 0.327 e. The minimum atomic E-state index is -2.58. The van der Waals surface area contributed by atoms with Crippen LogP contribution in [0.25, 0.3) is 0 Å². The monoisotopic (exact) mass is 677 g/mol. The lowest BCUT2D eigenvalue weighted by molar-refractivity contribution is -0.146. The van der Waals surface area contributed by atoms with Crippen molar-refractivity contribution in [1.29, 1.82) is 0 Å². The maximum atomic E-state index is 13.4. The van der Waals surface area contributed by atoms with E-state index in [1.807, 2.05) is 24.1 Å². The number of nitrogens with zero attached hydrogens (tertiary/aromatic N) is 2. The number of ether oxygens (including phenoxy) is 1. The van der Waals surface area contributed by atoms with Crippen molar-refractivity contribution in [3.63, 3.8) is 0 Å². The number of carbonyl (C=O) groups is 1. The molecule has 6 rings (SSSR count). The highest BCUT2D eigenvalue weighted by atomic mass is 79.9. The van der Waals surface area contributed by atoms with Crippen LogP contribution in [0.1, 0.15) is 31.9 Å². The van der Waals surface area contributed by atoms with E-state index in [1.165, 1.54) is 15.9 Å². The maximum absolute atomic E-state index is 13.4. The minimum absolute atomic E-state index is 0. The third kappa shape index (κ3) is 5.32. The number of carbonyl (C=O) groups excluding carboxylic acids is 1. The summed E-state index contributed by atoms with van der Waals surface area (Å²) in [6.07, 6.45) is 0. The average molecular weight is 679 g/mol. The summed E-state index contributed by atoms with van der Waals surface area (Å²) < 4.78 is 5.57. The molecule has 6 heteroatoms. The van der Waals surface area contributed by atoms with Crippen LogP contribution in [-0.4, -0.2) is 29.6 Å². The van der Waals surface area contributed by atoms with Gasteiger partial charge in [-0.1, -0.05) is 115 Å². The molecule has 0 atom stereocenters.